The molecule has 0 radical (unpaired) electrons. The van der Waals surface area contributed by atoms with E-state index in [9.17, 15) is 9.59 Å². The topological polar surface area (TPSA) is 69.6 Å². The highest BCUT2D eigenvalue weighted by atomic mass is 35.5. The Morgan fingerprint density at radius 2 is 1.95 bits per heavy atom. The molecule has 0 heterocycles. The molecule has 1 aromatic rings. The number of urea groups is 1. The van der Waals surface area contributed by atoms with E-state index in [4.69, 9.17) is 16.7 Å². The van der Waals surface area contributed by atoms with Crippen LogP contribution in [-0.4, -0.2) is 41.6 Å². The summed E-state index contributed by atoms with van der Waals surface area (Å²) in [6, 6.07) is 7.73. The van der Waals surface area contributed by atoms with Crippen LogP contribution in [0.15, 0.2) is 24.3 Å². The first-order valence-corrected chi connectivity index (χ1v) is 7.74. The molecule has 1 aliphatic carbocycles. The first-order chi connectivity index (χ1) is 10.4. The van der Waals surface area contributed by atoms with Gasteiger partial charge in [-0.3, -0.25) is 4.79 Å². The quantitative estimate of drug-likeness (QED) is 0.875. The Bertz CT molecular complexity index is 541. The number of hydrogen-bond donors (Lipinski definition) is 2. The summed E-state index contributed by atoms with van der Waals surface area (Å²) < 4.78 is 0. The molecule has 0 spiro atoms. The number of carboxylic acids is 1. The molecule has 0 bridgehead atoms. The van der Waals surface area contributed by atoms with Crippen LogP contribution in [0.3, 0.4) is 0 Å². The third-order valence-electron chi connectivity index (χ3n) is 4.12. The van der Waals surface area contributed by atoms with E-state index >= 15 is 0 Å². The van der Waals surface area contributed by atoms with Gasteiger partial charge < -0.3 is 15.3 Å². The molecule has 22 heavy (non-hydrogen) atoms. The van der Waals surface area contributed by atoms with Crippen molar-refractivity contribution in [3.05, 3.63) is 34.9 Å². The monoisotopic (exact) mass is 324 g/mol. The van der Waals surface area contributed by atoms with Gasteiger partial charge in [0, 0.05) is 24.7 Å². The van der Waals surface area contributed by atoms with Crippen molar-refractivity contribution in [1.29, 1.82) is 0 Å². The van der Waals surface area contributed by atoms with E-state index in [0.717, 1.165) is 17.9 Å². The predicted octanol–water partition coefficient (Wildman–Crippen LogP) is 2.95. The van der Waals surface area contributed by atoms with E-state index in [-0.39, 0.29) is 18.6 Å². The molecule has 120 valence electrons. The molecule has 6 heteroatoms. The number of aliphatic carboxylic acids is 1. The number of rotatable bonds is 5. The van der Waals surface area contributed by atoms with E-state index in [1.807, 2.05) is 24.3 Å². The third-order valence-corrected chi connectivity index (χ3v) is 4.38. The number of carboxylic acid groups (broad SMARTS) is 1. The van der Waals surface area contributed by atoms with Crippen LogP contribution < -0.4 is 5.32 Å². The molecule has 2 amide bonds. The van der Waals surface area contributed by atoms with Crippen LogP contribution >= 0.6 is 11.6 Å². The first-order valence-electron chi connectivity index (χ1n) is 7.36. The van der Waals surface area contributed by atoms with Gasteiger partial charge in [0.25, 0.3) is 0 Å². The van der Waals surface area contributed by atoms with Gasteiger partial charge in [0.2, 0.25) is 0 Å². The highest BCUT2D eigenvalue weighted by Crippen LogP contribution is 2.37. The zero-order valence-electron chi connectivity index (χ0n) is 12.8. The second kappa shape index (κ2) is 7.01. The average molecular weight is 325 g/mol. The molecule has 1 atom stereocenters. The molecule has 2 rings (SSSR count). The van der Waals surface area contributed by atoms with Crippen molar-refractivity contribution in [3.8, 4) is 0 Å². The number of hydrogen-bond acceptors (Lipinski definition) is 2. The summed E-state index contributed by atoms with van der Waals surface area (Å²) in [5, 5.41) is 12.5. The fraction of sp³-hybridized carbons (Fsp3) is 0.500. The maximum Gasteiger partial charge on any atom is 0.317 e. The number of benzene rings is 1. The number of carbonyl (C=O) groups excluding carboxylic acids is 1. The van der Waals surface area contributed by atoms with Crippen LogP contribution in [0.4, 0.5) is 4.79 Å². The van der Waals surface area contributed by atoms with Gasteiger partial charge in [-0.1, -0.05) is 30.7 Å². The van der Waals surface area contributed by atoms with Crippen molar-refractivity contribution in [2.45, 2.75) is 31.7 Å². The minimum atomic E-state index is -0.897. The van der Waals surface area contributed by atoms with E-state index in [1.165, 1.54) is 10.5 Å². The summed E-state index contributed by atoms with van der Waals surface area (Å²) in [5.41, 5.74) is 1.24. The Hall–Kier alpha value is -1.75. The molecular formula is C16H21ClN2O3. The Kier molecular flexibility index (Phi) is 5.29. The molecule has 0 aliphatic heterocycles. The second-order valence-electron chi connectivity index (χ2n) is 5.99. The number of nitrogens with one attached hydrogen (secondary N) is 1. The minimum Gasteiger partial charge on any atom is -0.481 e. The van der Waals surface area contributed by atoms with E-state index in [2.05, 4.69) is 5.32 Å². The van der Waals surface area contributed by atoms with Crippen molar-refractivity contribution in [1.82, 2.24) is 10.2 Å². The molecule has 1 saturated carbocycles. The summed E-state index contributed by atoms with van der Waals surface area (Å²) in [6.07, 6.45) is 1.80. The van der Waals surface area contributed by atoms with Crippen molar-refractivity contribution >= 4 is 23.6 Å². The number of carbonyl (C=O) groups is 2. The Morgan fingerprint density at radius 3 is 2.50 bits per heavy atom. The lowest BCUT2D eigenvalue weighted by molar-refractivity contribution is -0.141. The van der Waals surface area contributed by atoms with Crippen LogP contribution in [-0.2, 0) is 4.79 Å². The largest absolute Gasteiger partial charge is 0.481 e. The van der Waals surface area contributed by atoms with Crippen molar-refractivity contribution in [3.63, 3.8) is 0 Å². The minimum absolute atomic E-state index is 0.149. The number of nitrogens with zero attached hydrogens (tertiary/aromatic N) is 1. The van der Waals surface area contributed by atoms with Crippen molar-refractivity contribution in [2.24, 2.45) is 5.92 Å². The molecule has 1 fully saturated rings. The average Bonchev–Trinajstić information content (AvgIpc) is 2.43. The summed E-state index contributed by atoms with van der Waals surface area (Å²) in [6.45, 7) is 1.79. The van der Waals surface area contributed by atoms with Crippen LogP contribution in [0.25, 0.3) is 0 Å². The summed E-state index contributed by atoms with van der Waals surface area (Å²) >= 11 is 5.87. The molecule has 1 unspecified atom stereocenters. The van der Waals surface area contributed by atoms with Gasteiger partial charge in [-0.2, -0.15) is 0 Å². The van der Waals surface area contributed by atoms with Gasteiger partial charge in [-0.05, 0) is 36.5 Å². The van der Waals surface area contributed by atoms with Gasteiger partial charge in [-0.25, -0.2) is 4.79 Å². The van der Waals surface area contributed by atoms with Crippen molar-refractivity contribution < 1.29 is 14.7 Å². The Balaban J connectivity index is 1.76. The molecule has 0 saturated heterocycles. The zero-order valence-corrected chi connectivity index (χ0v) is 13.5. The highest BCUT2D eigenvalue weighted by molar-refractivity contribution is 6.30. The molecule has 1 aromatic carbocycles. The molecule has 0 aromatic heterocycles. The van der Waals surface area contributed by atoms with E-state index < -0.39 is 11.9 Å². The Labute approximate surface area is 135 Å². The lowest BCUT2D eigenvalue weighted by Crippen LogP contribution is -2.49. The summed E-state index contributed by atoms with van der Waals surface area (Å²) in [7, 11) is 1.62. The van der Waals surface area contributed by atoms with Crippen molar-refractivity contribution in [2.75, 3.05) is 13.6 Å². The van der Waals surface area contributed by atoms with Gasteiger partial charge in [0.05, 0.1) is 5.92 Å². The standard InChI is InChI=1S/C16H21ClN2O3/c1-10(15(20)21)9-19(2)16(22)18-14-7-12(8-14)11-3-5-13(17)6-4-11/h3-6,10,12,14H,7-9H2,1-2H3,(H,18,22)(H,20,21). The van der Waals surface area contributed by atoms with E-state index in [1.54, 1.807) is 14.0 Å². The lowest BCUT2D eigenvalue weighted by Gasteiger charge is -2.37. The predicted molar refractivity (Wildman–Crippen MR) is 85.2 cm³/mol. The normalized spacial score (nSPS) is 21.6. The fourth-order valence-electron chi connectivity index (χ4n) is 2.60. The number of amides is 2. The zero-order chi connectivity index (χ0) is 16.3. The SMILES string of the molecule is CC(CN(C)C(=O)NC1CC(c2ccc(Cl)cc2)C1)C(=O)O. The molecule has 2 N–H and O–H groups in total. The highest BCUT2D eigenvalue weighted by Gasteiger charge is 2.32. The van der Waals surface area contributed by atoms with Crippen LogP contribution in [0.2, 0.25) is 5.02 Å². The maximum absolute atomic E-state index is 12.0. The van der Waals surface area contributed by atoms with E-state index in [0.29, 0.717) is 5.92 Å². The fourth-order valence-corrected chi connectivity index (χ4v) is 2.73. The van der Waals surface area contributed by atoms with Gasteiger partial charge in [0.1, 0.15) is 0 Å². The molecular weight excluding hydrogens is 304 g/mol. The lowest BCUT2D eigenvalue weighted by atomic mass is 9.76. The second-order valence-corrected chi connectivity index (χ2v) is 6.42. The molecule has 5 nitrogen and oxygen atoms in total. The van der Waals surface area contributed by atoms with Crippen LogP contribution in [0, 0.1) is 5.92 Å². The summed E-state index contributed by atoms with van der Waals surface area (Å²) in [4.78, 5) is 24.2. The smallest absolute Gasteiger partial charge is 0.317 e. The molecule has 1 aliphatic rings. The van der Waals surface area contributed by atoms with Gasteiger partial charge in [0.15, 0.2) is 0 Å². The van der Waals surface area contributed by atoms with Crippen LogP contribution in [0.1, 0.15) is 31.2 Å². The van der Waals surface area contributed by atoms with Crippen LogP contribution in [0.5, 0.6) is 0 Å². The van der Waals surface area contributed by atoms with Gasteiger partial charge >= 0.3 is 12.0 Å². The summed E-state index contributed by atoms with van der Waals surface area (Å²) in [5.74, 6) is -1.02. The Morgan fingerprint density at radius 1 is 1.36 bits per heavy atom. The van der Waals surface area contributed by atoms with Gasteiger partial charge in [-0.15, -0.1) is 0 Å². The first kappa shape index (κ1) is 16.6. The number of halogens is 1. The third kappa shape index (κ3) is 4.13. The maximum atomic E-state index is 12.0.